The molecule has 0 amide bonds. The second-order valence-corrected chi connectivity index (χ2v) is 3.87. The predicted octanol–water partition coefficient (Wildman–Crippen LogP) is 2.17. The molecule has 0 unspecified atom stereocenters. The number of aliphatic hydroxyl groups excluding tert-OH is 1. The van der Waals surface area contributed by atoms with Crippen LogP contribution in [0.5, 0.6) is 0 Å². The molecule has 0 aliphatic heterocycles. The molecule has 0 aliphatic rings. The summed E-state index contributed by atoms with van der Waals surface area (Å²) in [5.74, 6) is -0.752. The molecule has 0 fully saturated rings. The number of ether oxygens (including phenoxy) is 1. The lowest BCUT2D eigenvalue weighted by Crippen LogP contribution is -2.16. The lowest BCUT2D eigenvalue weighted by atomic mass is 9.94. The molecular formula is C13H12F3NO3. The number of nitriles is 1. The normalized spacial score (nSPS) is 11.0. The highest BCUT2D eigenvalue weighted by Gasteiger charge is 2.35. The molecule has 0 aromatic heterocycles. The van der Waals surface area contributed by atoms with Gasteiger partial charge in [-0.2, -0.15) is 18.4 Å². The molecule has 0 heterocycles. The van der Waals surface area contributed by atoms with E-state index in [1.54, 1.807) is 13.0 Å². The quantitative estimate of drug-likeness (QED) is 0.862. The van der Waals surface area contributed by atoms with Gasteiger partial charge >= 0.3 is 12.1 Å². The Bertz CT molecular complexity index is 547. The average molecular weight is 287 g/mol. The van der Waals surface area contributed by atoms with Crippen LogP contribution < -0.4 is 0 Å². The first-order valence-corrected chi connectivity index (χ1v) is 5.73. The SMILES string of the molecule is CCOC(=O)Cc1c(C#N)ccc(C(F)(F)F)c1CO. The van der Waals surface area contributed by atoms with Crippen LogP contribution in [0, 0.1) is 11.3 Å². The number of esters is 1. The molecule has 1 aromatic carbocycles. The zero-order valence-electron chi connectivity index (χ0n) is 10.6. The van der Waals surface area contributed by atoms with Crippen LogP contribution in [0.25, 0.3) is 0 Å². The summed E-state index contributed by atoms with van der Waals surface area (Å²) in [6.45, 7) is 0.718. The van der Waals surface area contributed by atoms with Crippen molar-refractivity contribution in [1.82, 2.24) is 0 Å². The van der Waals surface area contributed by atoms with E-state index in [-0.39, 0.29) is 17.7 Å². The summed E-state index contributed by atoms with van der Waals surface area (Å²) in [6.07, 6.45) is -5.16. The number of nitrogens with zero attached hydrogens (tertiary/aromatic N) is 1. The number of carbonyl (C=O) groups excluding carboxylic acids is 1. The van der Waals surface area contributed by atoms with Gasteiger partial charge < -0.3 is 9.84 Å². The van der Waals surface area contributed by atoms with Crippen molar-refractivity contribution >= 4 is 5.97 Å². The molecule has 0 bridgehead atoms. The van der Waals surface area contributed by atoms with Gasteiger partial charge in [-0.05, 0) is 30.2 Å². The summed E-state index contributed by atoms with van der Waals surface area (Å²) < 4.78 is 43.1. The van der Waals surface area contributed by atoms with Crippen molar-refractivity contribution in [3.8, 4) is 6.07 Å². The average Bonchev–Trinajstić information content (AvgIpc) is 2.37. The van der Waals surface area contributed by atoms with Crippen LogP contribution in [0.2, 0.25) is 0 Å². The van der Waals surface area contributed by atoms with Gasteiger partial charge in [0.2, 0.25) is 0 Å². The largest absolute Gasteiger partial charge is 0.466 e. The molecule has 0 aliphatic carbocycles. The van der Waals surface area contributed by atoms with E-state index >= 15 is 0 Å². The molecular weight excluding hydrogens is 275 g/mol. The van der Waals surface area contributed by atoms with Crippen molar-refractivity contribution in [1.29, 1.82) is 5.26 Å². The van der Waals surface area contributed by atoms with Crippen molar-refractivity contribution in [2.45, 2.75) is 26.1 Å². The van der Waals surface area contributed by atoms with Gasteiger partial charge in [-0.25, -0.2) is 0 Å². The highest BCUT2D eigenvalue weighted by molar-refractivity contribution is 5.74. The summed E-state index contributed by atoms with van der Waals surface area (Å²) in [6, 6.07) is 3.41. The van der Waals surface area contributed by atoms with Crippen LogP contribution in [-0.4, -0.2) is 17.7 Å². The highest BCUT2D eigenvalue weighted by Crippen LogP contribution is 2.34. The lowest BCUT2D eigenvalue weighted by molar-refractivity contribution is -0.143. The van der Waals surface area contributed by atoms with Gasteiger partial charge in [0.05, 0.1) is 36.8 Å². The number of aliphatic hydroxyl groups is 1. The van der Waals surface area contributed by atoms with E-state index in [1.807, 2.05) is 0 Å². The number of alkyl halides is 3. The minimum atomic E-state index is -4.67. The van der Waals surface area contributed by atoms with Crippen LogP contribution in [-0.2, 0) is 28.7 Å². The molecule has 20 heavy (non-hydrogen) atoms. The Morgan fingerprint density at radius 3 is 2.50 bits per heavy atom. The van der Waals surface area contributed by atoms with Crippen molar-refractivity contribution < 1.29 is 27.8 Å². The fourth-order valence-electron chi connectivity index (χ4n) is 1.80. The Labute approximate surface area is 113 Å². The molecule has 1 N–H and O–H groups in total. The van der Waals surface area contributed by atoms with Crippen molar-refractivity contribution in [2.75, 3.05) is 6.61 Å². The molecule has 4 nitrogen and oxygen atoms in total. The zero-order valence-corrected chi connectivity index (χ0v) is 10.6. The standard InChI is InChI=1S/C13H12F3NO3/c1-2-20-12(19)5-9-8(6-17)3-4-11(10(9)7-18)13(14,15)16/h3-4,18H,2,5,7H2,1H3. The van der Waals surface area contributed by atoms with E-state index in [9.17, 15) is 18.0 Å². The molecule has 1 aromatic rings. The smallest absolute Gasteiger partial charge is 0.416 e. The van der Waals surface area contributed by atoms with E-state index in [0.717, 1.165) is 12.1 Å². The maximum atomic E-state index is 12.8. The minimum absolute atomic E-state index is 0.0775. The van der Waals surface area contributed by atoms with E-state index in [2.05, 4.69) is 4.74 Å². The van der Waals surface area contributed by atoms with Gasteiger partial charge in [0.15, 0.2) is 0 Å². The third-order valence-electron chi connectivity index (χ3n) is 2.64. The van der Waals surface area contributed by atoms with Crippen molar-refractivity contribution in [3.05, 3.63) is 34.4 Å². The second-order valence-electron chi connectivity index (χ2n) is 3.87. The molecule has 0 radical (unpaired) electrons. The first-order chi connectivity index (χ1) is 9.35. The van der Waals surface area contributed by atoms with Crippen molar-refractivity contribution in [2.24, 2.45) is 0 Å². The second kappa shape index (κ2) is 6.39. The monoisotopic (exact) mass is 287 g/mol. The van der Waals surface area contributed by atoms with E-state index in [1.165, 1.54) is 0 Å². The maximum absolute atomic E-state index is 12.8. The van der Waals surface area contributed by atoms with Crippen LogP contribution in [0.4, 0.5) is 13.2 Å². The number of hydrogen-bond acceptors (Lipinski definition) is 4. The minimum Gasteiger partial charge on any atom is -0.466 e. The molecule has 0 spiro atoms. The summed E-state index contributed by atoms with van der Waals surface area (Å²) in [7, 11) is 0. The topological polar surface area (TPSA) is 70.3 Å². The summed E-state index contributed by atoms with van der Waals surface area (Å²) in [4.78, 5) is 11.4. The fourth-order valence-corrected chi connectivity index (χ4v) is 1.80. The van der Waals surface area contributed by atoms with Gasteiger partial charge in [0.1, 0.15) is 0 Å². The lowest BCUT2D eigenvalue weighted by Gasteiger charge is -2.16. The summed E-state index contributed by atoms with van der Waals surface area (Å²) >= 11 is 0. The molecule has 0 saturated carbocycles. The Morgan fingerprint density at radius 2 is 2.05 bits per heavy atom. The summed E-state index contributed by atoms with van der Waals surface area (Å²) in [5.41, 5.74) is -1.76. The molecule has 108 valence electrons. The maximum Gasteiger partial charge on any atom is 0.416 e. The van der Waals surface area contributed by atoms with Gasteiger partial charge in [0.25, 0.3) is 0 Å². The van der Waals surface area contributed by atoms with Gasteiger partial charge in [-0.1, -0.05) is 0 Å². The third-order valence-corrected chi connectivity index (χ3v) is 2.64. The van der Waals surface area contributed by atoms with E-state index in [4.69, 9.17) is 10.4 Å². The van der Waals surface area contributed by atoms with Crippen LogP contribution in [0.3, 0.4) is 0 Å². The predicted molar refractivity (Wildman–Crippen MR) is 62.4 cm³/mol. The van der Waals surface area contributed by atoms with Gasteiger partial charge in [0, 0.05) is 0 Å². The Balaban J connectivity index is 3.38. The van der Waals surface area contributed by atoms with Crippen molar-refractivity contribution in [3.63, 3.8) is 0 Å². The zero-order chi connectivity index (χ0) is 15.3. The van der Waals surface area contributed by atoms with Gasteiger partial charge in [-0.15, -0.1) is 0 Å². The summed E-state index contributed by atoms with van der Waals surface area (Å²) in [5, 5.41) is 18.1. The number of halogens is 3. The number of rotatable bonds is 4. The Hall–Kier alpha value is -2.07. The van der Waals surface area contributed by atoms with Gasteiger partial charge in [-0.3, -0.25) is 4.79 Å². The highest BCUT2D eigenvalue weighted by atomic mass is 19.4. The first kappa shape index (κ1) is 16.0. The van der Waals surface area contributed by atoms with E-state index in [0.29, 0.717) is 0 Å². The van der Waals surface area contributed by atoms with Crippen LogP contribution in [0.1, 0.15) is 29.2 Å². The Morgan fingerprint density at radius 1 is 1.40 bits per heavy atom. The number of benzene rings is 1. The molecule has 7 heteroatoms. The Kier molecular flexibility index (Phi) is 5.11. The van der Waals surface area contributed by atoms with Crippen LogP contribution in [0.15, 0.2) is 12.1 Å². The fraction of sp³-hybridized carbons (Fsp3) is 0.385. The third kappa shape index (κ3) is 3.48. The van der Waals surface area contributed by atoms with Crippen LogP contribution >= 0.6 is 0 Å². The number of hydrogen-bond donors (Lipinski definition) is 1. The molecule has 0 atom stereocenters. The number of carbonyl (C=O) groups is 1. The first-order valence-electron chi connectivity index (χ1n) is 5.73. The van der Waals surface area contributed by atoms with E-state index < -0.39 is 36.3 Å². The molecule has 1 rings (SSSR count). The molecule has 0 saturated heterocycles.